The first-order valence-electron chi connectivity index (χ1n) is 4.47. The minimum absolute atomic E-state index is 0.429. The van der Waals surface area contributed by atoms with Crippen LogP contribution in [0.4, 0.5) is 0 Å². The van der Waals surface area contributed by atoms with Gasteiger partial charge in [-0.05, 0) is 6.07 Å². The van der Waals surface area contributed by atoms with Gasteiger partial charge in [0, 0.05) is 24.9 Å². The zero-order valence-electron chi connectivity index (χ0n) is 8.22. The Bertz CT molecular complexity index is 455. The van der Waals surface area contributed by atoms with E-state index in [0.29, 0.717) is 17.6 Å². The lowest BCUT2D eigenvalue weighted by atomic mass is 10.4. The van der Waals surface area contributed by atoms with Crippen molar-refractivity contribution in [2.45, 2.75) is 6.61 Å². The molecule has 0 N–H and O–H groups in total. The highest BCUT2D eigenvalue weighted by molar-refractivity contribution is 6.29. The monoisotopic (exact) mass is 223 g/mol. The first-order chi connectivity index (χ1) is 7.24. The first-order valence-corrected chi connectivity index (χ1v) is 4.85. The molecular weight excluding hydrogens is 214 g/mol. The van der Waals surface area contributed by atoms with Gasteiger partial charge in [0.05, 0.1) is 6.20 Å². The van der Waals surface area contributed by atoms with E-state index in [1.54, 1.807) is 29.1 Å². The van der Waals surface area contributed by atoms with Gasteiger partial charge in [0.2, 0.25) is 5.88 Å². The molecule has 0 aliphatic rings. The Morgan fingerprint density at radius 3 is 3.00 bits per heavy atom. The summed E-state index contributed by atoms with van der Waals surface area (Å²) in [6.45, 7) is 0.446. The van der Waals surface area contributed by atoms with Gasteiger partial charge >= 0.3 is 0 Å². The summed E-state index contributed by atoms with van der Waals surface area (Å²) < 4.78 is 7.16. The fraction of sp³-hybridized carbons (Fsp3) is 0.200. The van der Waals surface area contributed by atoms with Crippen molar-refractivity contribution in [3.05, 3.63) is 41.3 Å². The van der Waals surface area contributed by atoms with Gasteiger partial charge in [0.1, 0.15) is 11.8 Å². The van der Waals surface area contributed by atoms with Crippen molar-refractivity contribution in [3.8, 4) is 5.88 Å². The lowest BCUT2D eigenvalue weighted by Crippen LogP contribution is -1.96. The average Bonchev–Trinajstić information content (AvgIpc) is 2.62. The van der Waals surface area contributed by atoms with E-state index in [1.807, 2.05) is 13.2 Å². The maximum Gasteiger partial charge on any atom is 0.214 e. The highest BCUT2D eigenvalue weighted by Crippen LogP contribution is 2.12. The molecule has 2 rings (SSSR count). The number of hydrogen-bond donors (Lipinski definition) is 0. The summed E-state index contributed by atoms with van der Waals surface area (Å²) in [7, 11) is 1.86. The number of aryl methyl sites for hydroxylation is 1. The number of pyridine rings is 1. The smallest absolute Gasteiger partial charge is 0.214 e. The Morgan fingerprint density at radius 2 is 2.33 bits per heavy atom. The normalized spacial score (nSPS) is 10.3. The predicted molar refractivity (Wildman–Crippen MR) is 56.8 cm³/mol. The molecule has 4 nitrogen and oxygen atoms in total. The summed E-state index contributed by atoms with van der Waals surface area (Å²) in [4.78, 5) is 4.01. The molecule has 0 aliphatic carbocycles. The van der Waals surface area contributed by atoms with Crippen LogP contribution >= 0.6 is 11.6 Å². The second-order valence-electron chi connectivity index (χ2n) is 3.11. The van der Waals surface area contributed by atoms with Crippen molar-refractivity contribution >= 4 is 11.6 Å². The number of aromatic nitrogens is 3. The van der Waals surface area contributed by atoms with E-state index in [4.69, 9.17) is 16.3 Å². The topological polar surface area (TPSA) is 39.9 Å². The van der Waals surface area contributed by atoms with E-state index in [-0.39, 0.29) is 0 Å². The molecule has 0 bridgehead atoms. The molecule has 0 unspecified atom stereocenters. The first kappa shape index (κ1) is 9.98. The van der Waals surface area contributed by atoms with E-state index in [0.717, 1.165) is 5.56 Å². The molecular formula is C10H10ClN3O. The molecule has 0 aliphatic heterocycles. The molecule has 0 spiro atoms. The Hall–Kier alpha value is -1.55. The number of hydrogen-bond acceptors (Lipinski definition) is 3. The van der Waals surface area contributed by atoms with Crippen LogP contribution in [0.1, 0.15) is 5.56 Å². The quantitative estimate of drug-likeness (QED) is 0.748. The van der Waals surface area contributed by atoms with Gasteiger partial charge in [-0.15, -0.1) is 0 Å². The van der Waals surface area contributed by atoms with Crippen LogP contribution in [0.25, 0.3) is 0 Å². The Morgan fingerprint density at radius 1 is 1.47 bits per heavy atom. The minimum atomic E-state index is 0.429. The number of rotatable bonds is 3. The summed E-state index contributed by atoms with van der Waals surface area (Å²) in [5.74, 6) is 0.520. The molecule has 0 amide bonds. The van der Waals surface area contributed by atoms with Crippen molar-refractivity contribution < 1.29 is 4.74 Å². The van der Waals surface area contributed by atoms with E-state index in [1.165, 1.54) is 0 Å². The predicted octanol–water partition coefficient (Wildman–Crippen LogP) is 2.05. The number of ether oxygens (including phenoxy) is 1. The summed E-state index contributed by atoms with van der Waals surface area (Å²) in [5, 5.41) is 4.47. The van der Waals surface area contributed by atoms with Crippen LogP contribution in [0.15, 0.2) is 30.6 Å². The molecule has 2 aromatic heterocycles. The molecule has 78 valence electrons. The van der Waals surface area contributed by atoms with Crippen molar-refractivity contribution in [3.63, 3.8) is 0 Å². The average molecular weight is 224 g/mol. The maximum absolute atomic E-state index is 5.72. The summed E-state index contributed by atoms with van der Waals surface area (Å²) in [5.41, 5.74) is 0.999. The Balaban J connectivity index is 1.99. The van der Waals surface area contributed by atoms with Crippen LogP contribution in [0.5, 0.6) is 5.88 Å². The summed E-state index contributed by atoms with van der Waals surface area (Å²) in [6.07, 6.45) is 3.65. The molecule has 0 saturated carbocycles. The highest BCUT2D eigenvalue weighted by atomic mass is 35.5. The molecule has 0 saturated heterocycles. The molecule has 15 heavy (non-hydrogen) atoms. The van der Waals surface area contributed by atoms with Crippen LogP contribution in [0.3, 0.4) is 0 Å². The van der Waals surface area contributed by atoms with Gasteiger partial charge in [-0.2, -0.15) is 5.10 Å². The van der Waals surface area contributed by atoms with Crippen LogP contribution in [0, 0.1) is 0 Å². The molecule has 0 aromatic carbocycles. The van der Waals surface area contributed by atoms with Crippen LogP contribution in [-0.2, 0) is 13.7 Å². The van der Waals surface area contributed by atoms with Crippen molar-refractivity contribution in [1.82, 2.24) is 14.8 Å². The van der Waals surface area contributed by atoms with E-state index in [9.17, 15) is 0 Å². The second-order valence-corrected chi connectivity index (χ2v) is 3.50. The minimum Gasteiger partial charge on any atom is -0.473 e. The molecule has 5 heteroatoms. The van der Waals surface area contributed by atoms with Gasteiger partial charge in [0.25, 0.3) is 0 Å². The third-order valence-electron chi connectivity index (χ3n) is 1.83. The zero-order chi connectivity index (χ0) is 10.7. The molecule has 2 aromatic rings. The fourth-order valence-corrected chi connectivity index (χ4v) is 1.33. The molecule has 0 radical (unpaired) electrons. The van der Waals surface area contributed by atoms with Crippen LogP contribution < -0.4 is 4.74 Å². The van der Waals surface area contributed by atoms with Gasteiger partial charge in [-0.3, -0.25) is 4.68 Å². The number of halogens is 1. The lowest BCUT2D eigenvalue weighted by Gasteiger charge is -2.02. The third-order valence-corrected chi connectivity index (χ3v) is 2.05. The highest BCUT2D eigenvalue weighted by Gasteiger charge is 1.99. The van der Waals surface area contributed by atoms with Crippen molar-refractivity contribution in [2.75, 3.05) is 0 Å². The van der Waals surface area contributed by atoms with Gasteiger partial charge in [-0.25, -0.2) is 4.98 Å². The van der Waals surface area contributed by atoms with Gasteiger partial charge < -0.3 is 4.74 Å². The van der Waals surface area contributed by atoms with E-state index >= 15 is 0 Å². The molecule has 0 atom stereocenters. The maximum atomic E-state index is 5.72. The largest absolute Gasteiger partial charge is 0.473 e. The van der Waals surface area contributed by atoms with Gasteiger partial charge in [-0.1, -0.05) is 17.7 Å². The van der Waals surface area contributed by atoms with Gasteiger partial charge in [0.15, 0.2) is 0 Å². The van der Waals surface area contributed by atoms with E-state index in [2.05, 4.69) is 10.1 Å². The van der Waals surface area contributed by atoms with Crippen molar-refractivity contribution in [2.24, 2.45) is 7.05 Å². The third kappa shape index (κ3) is 2.70. The SMILES string of the molecule is Cn1cc(COc2cccc(Cl)n2)cn1. The number of nitrogens with zero attached hydrogens (tertiary/aromatic N) is 3. The lowest BCUT2D eigenvalue weighted by molar-refractivity contribution is 0.294. The molecule has 0 fully saturated rings. The fourth-order valence-electron chi connectivity index (χ4n) is 1.17. The van der Waals surface area contributed by atoms with Crippen LogP contribution in [-0.4, -0.2) is 14.8 Å². The standard InChI is InChI=1S/C10H10ClN3O/c1-14-6-8(5-12-14)7-15-10-4-2-3-9(11)13-10/h2-6H,7H2,1H3. The van der Waals surface area contributed by atoms with Crippen molar-refractivity contribution in [1.29, 1.82) is 0 Å². The summed E-state index contributed by atoms with van der Waals surface area (Å²) >= 11 is 5.72. The Kier molecular flexibility index (Phi) is 2.87. The zero-order valence-corrected chi connectivity index (χ0v) is 8.98. The van der Waals surface area contributed by atoms with E-state index < -0.39 is 0 Å². The summed E-state index contributed by atoms with van der Waals surface area (Å²) in [6, 6.07) is 5.27. The second kappa shape index (κ2) is 4.31. The Labute approximate surface area is 92.5 Å². The van der Waals surface area contributed by atoms with Crippen LogP contribution in [0.2, 0.25) is 5.15 Å². The molecule has 2 heterocycles.